The maximum Gasteiger partial charge on any atom is 0.301 e. The maximum atomic E-state index is 11.5. The first-order chi connectivity index (χ1) is 12.1. The first-order valence-corrected chi connectivity index (χ1v) is 7.83. The van der Waals surface area contributed by atoms with E-state index in [0.717, 1.165) is 5.56 Å². The highest BCUT2D eigenvalue weighted by atomic mass is 16.6. The number of fused-ring (bicyclic) bond motifs is 1. The summed E-state index contributed by atoms with van der Waals surface area (Å²) >= 11 is 0. The first kappa shape index (κ1) is 15.5. The zero-order valence-corrected chi connectivity index (χ0v) is 13.5. The molecule has 3 aromatic heterocycles. The lowest BCUT2D eigenvalue weighted by Gasteiger charge is -2.24. The van der Waals surface area contributed by atoms with Gasteiger partial charge in [0.25, 0.3) is 6.01 Å². The lowest BCUT2D eigenvalue weighted by molar-refractivity contribution is -0.384. The van der Waals surface area contributed by atoms with Crippen LogP contribution in [-0.2, 0) is 4.74 Å². The van der Waals surface area contributed by atoms with E-state index in [9.17, 15) is 10.1 Å². The van der Waals surface area contributed by atoms with Crippen molar-refractivity contribution in [1.29, 1.82) is 0 Å². The van der Waals surface area contributed by atoms with Crippen molar-refractivity contribution in [3.05, 3.63) is 40.1 Å². The number of aromatic nitrogens is 3. The SMILES string of the molecule is Cc1ccc(-c2nc3nc(N4CCOCC4)oc3cc2[N+](=O)[O-])nc1. The minimum absolute atomic E-state index is 0.159. The van der Waals surface area contributed by atoms with E-state index in [0.29, 0.717) is 43.7 Å². The summed E-state index contributed by atoms with van der Waals surface area (Å²) in [6.07, 6.45) is 1.65. The molecular formula is C16H15N5O4. The van der Waals surface area contributed by atoms with Crippen LogP contribution >= 0.6 is 0 Å². The fourth-order valence-corrected chi connectivity index (χ4v) is 2.67. The number of nitrogens with zero attached hydrogens (tertiary/aromatic N) is 5. The van der Waals surface area contributed by atoms with Gasteiger partial charge in [-0.1, -0.05) is 6.07 Å². The number of ether oxygens (including phenoxy) is 1. The molecule has 0 radical (unpaired) electrons. The summed E-state index contributed by atoms with van der Waals surface area (Å²) in [6, 6.07) is 5.30. The third kappa shape index (κ3) is 2.89. The quantitative estimate of drug-likeness (QED) is 0.527. The summed E-state index contributed by atoms with van der Waals surface area (Å²) < 4.78 is 11.0. The highest BCUT2D eigenvalue weighted by Crippen LogP contribution is 2.32. The molecule has 0 N–H and O–H groups in total. The second kappa shape index (κ2) is 6.10. The number of hydrogen-bond donors (Lipinski definition) is 0. The number of anilines is 1. The van der Waals surface area contributed by atoms with Crippen molar-refractivity contribution in [1.82, 2.24) is 15.0 Å². The molecule has 1 fully saturated rings. The molecule has 4 heterocycles. The third-order valence-corrected chi connectivity index (χ3v) is 3.98. The van der Waals surface area contributed by atoms with E-state index in [1.54, 1.807) is 12.3 Å². The molecule has 0 atom stereocenters. The average Bonchev–Trinajstić information content (AvgIpc) is 3.05. The Hall–Kier alpha value is -3.07. The van der Waals surface area contributed by atoms with Crippen molar-refractivity contribution < 1.29 is 14.1 Å². The lowest BCUT2D eigenvalue weighted by Crippen LogP contribution is -2.36. The van der Waals surface area contributed by atoms with Gasteiger partial charge in [-0.2, -0.15) is 4.98 Å². The van der Waals surface area contributed by atoms with Gasteiger partial charge in [-0.15, -0.1) is 0 Å². The molecule has 0 spiro atoms. The van der Waals surface area contributed by atoms with Crippen LogP contribution in [0.2, 0.25) is 0 Å². The van der Waals surface area contributed by atoms with Crippen LogP contribution in [0.1, 0.15) is 5.56 Å². The zero-order valence-electron chi connectivity index (χ0n) is 13.5. The van der Waals surface area contributed by atoms with Crippen LogP contribution < -0.4 is 4.90 Å². The van der Waals surface area contributed by atoms with E-state index in [1.165, 1.54) is 6.07 Å². The Bertz CT molecular complexity index is 932. The maximum absolute atomic E-state index is 11.5. The number of aryl methyl sites for hydroxylation is 1. The molecule has 9 nitrogen and oxygen atoms in total. The van der Waals surface area contributed by atoms with Gasteiger partial charge < -0.3 is 14.1 Å². The highest BCUT2D eigenvalue weighted by Gasteiger charge is 2.24. The minimum Gasteiger partial charge on any atom is -0.421 e. The normalized spacial score (nSPS) is 14.8. The largest absolute Gasteiger partial charge is 0.421 e. The second-order valence-electron chi connectivity index (χ2n) is 5.75. The summed E-state index contributed by atoms with van der Waals surface area (Å²) in [5.74, 6) is 0. The Morgan fingerprint density at radius 3 is 2.72 bits per heavy atom. The fraction of sp³-hybridized carbons (Fsp3) is 0.312. The summed E-state index contributed by atoms with van der Waals surface area (Å²) in [5, 5.41) is 11.5. The molecule has 0 unspecified atom stereocenters. The second-order valence-corrected chi connectivity index (χ2v) is 5.75. The molecule has 0 aromatic carbocycles. The lowest BCUT2D eigenvalue weighted by atomic mass is 10.2. The number of pyridine rings is 2. The van der Waals surface area contributed by atoms with Crippen LogP contribution in [0.25, 0.3) is 22.6 Å². The molecule has 0 aliphatic carbocycles. The van der Waals surface area contributed by atoms with Crippen molar-refractivity contribution in [3.8, 4) is 11.4 Å². The Morgan fingerprint density at radius 2 is 2.04 bits per heavy atom. The van der Waals surface area contributed by atoms with E-state index in [2.05, 4.69) is 15.0 Å². The predicted molar refractivity (Wildman–Crippen MR) is 89.5 cm³/mol. The van der Waals surface area contributed by atoms with E-state index in [1.807, 2.05) is 17.9 Å². The van der Waals surface area contributed by atoms with Crippen molar-refractivity contribution >= 4 is 22.9 Å². The van der Waals surface area contributed by atoms with Crippen LogP contribution in [-0.4, -0.2) is 46.2 Å². The first-order valence-electron chi connectivity index (χ1n) is 7.83. The van der Waals surface area contributed by atoms with Crippen molar-refractivity contribution in [2.75, 3.05) is 31.2 Å². The standard InChI is InChI=1S/C16H15N5O4/c1-10-2-3-11(17-9-10)14-12(21(22)23)8-13-15(18-14)19-16(25-13)20-4-6-24-7-5-20/h2-3,8-9H,4-7H2,1H3. The molecule has 0 amide bonds. The van der Waals surface area contributed by atoms with E-state index in [-0.39, 0.29) is 17.0 Å². The molecule has 128 valence electrons. The molecular weight excluding hydrogens is 326 g/mol. The van der Waals surface area contributed by atoms with Crippen LogP contribution in [0.5, 0.6) is 0 Å². The zero-order chi connectivity index (χ0) is 17.4. The van der Waals surface area contributed by atoms with Gasteiger partial charge in [0, 0.05) is 19.3 Å². The summed E-state index contributed by atoms with van der Waals surface area (Å²) in [7, 11) is 0. The summed E-state index contributed by atoms with van der Waals surface area (Å²) in [5.41, 5.74) is 2.01. The molecule has 1 saturated heterocycles. The molecule has 0 saturated carbocycles. The monoisotopic (exact) mass is 341 g/mol. The average molecular weight is 341 g/mol. The van der Waals surface area contributed by atoms with Crippen molar-refractivity contribution in [2.24, 2.45) is 0 Å². The van der Waals surface area contributed by atoms with Gasteiger partial charge in [-0.3, -0.25) is 15.1 Å². The Kier molecular flexibility index (Phi) is 3.77. The Morgan fingerprint density at radius 1 is 1.24 bits per heavy atom. The van der Waals surface area contributed by atoms with Gasteiger partial charge in [0.05, 0.1) is 29.9 Å². The number of nitro groups is 1. The predicted octanol–water partition coefficient (Wildman–Crippen LogP) is 2.34. The summed E-state index contributed by atoms with van der Waals surface area (Å²) in [4.78, 5) is 25.9. The number of rotatable bonds is 3. The smallest absolute Gasteiger partial charge is 0.301 e. The van der Waals surface area contributed by atoms with Gasteiger partial charge in [0.15, 0.2) is 11.3 Å². The molecule has 1 aliphatic rings. The minimum atomic E-state index is -0.486. The third-order valence-electron chi connectivity index (χ3n) is 3.98. The fourth-order valence-electron chi connectivity index (χ4n) is 2.67. The van der Waals surface area contributed by atoms with E-state index >= 15 is 0 Å². The topological polar surface area (TPSA) is 107 Å². The Balaban J connectivity index is 1.82. The number of oxazole rings is 1. The van der Waals surface area contributed by atoms with Gasteiger partial charge in [-0.25, -0.2) is 4.98 Å². The van der Waals surface area contributed by atoms with Gasteiger partial charge in [-0.05, 0) is 18.6 Å². The molecule has 1 aliphatic heterocycles. The molecule has 9 heteroatoms. The van der Waals surface area contributed by atoms with Gasteiger partial charge in [0.1, 0.15) is 0 Å². The van der Waals surface area contributed by atoms with Crippen molar-refractivity contribution in [3.63, 3.8) is 0 Å². The van der Waals surface area contributed by atoms with Crippen molar-refractivity contribution in [2.45, 2.75) is 6.92 Å². The molecule has 4 rings (SSSR count). The van der Waals surface area contributed by atoms with Gasteiger partial charge >= 0.3 is 5.69 Å². The van der Waals surface area contributed by atoms with E-state index in [4.69, 9.17) is 9.15 Å². The van der Waals surface area contributed by atoms with Gasteiger partial charge in [0.2, 0.25) is 5.65 Å². The molecule has 0 bridgehead atoms. The van der Waals surface area contributed by atoms with Crippen LogP contribution in [0.4, 0.5) is 11.7 Å². The van der Waals surface area contributed by atoms with Crippen LogP contribution in [0.15, 0.2) is 28.8 Å². The summed E-state index contributed by atoms with van der Waals surface area (Å²) in [6.45, 7) is 4.38. The Labute approximate surface area is 142 Å². The van der Waals surface area contributed by atoms with Crippen LogP contribution in [0.3, 0.4) is 0 Å². The molecule has 25 heavy (non-hydrogen) atoms. The van der Waals surface area contributed by atoms with Crippen LogP contribution in [0, 0.1) is 17.0 Å². The molecule has 3 aromatic rings. The number of morpholine rings is 1. The van der Waals surface area contributed by atoms with E-state index < -0.39 is 4.92 Å². The highest BCUT2D eigenvalue weighted by molar-refractivity contribution is 5.80. The number of hydrogen-bond acceptors (Lipinski definition) is 8.